The quantitative estimate of drug-likeness (QED) is 0.478. The van der Waals surface area contributed by atoms with Gasteiger partial charge in [-0.05, 0) is 28.1 Å². The van der Waals surface area contributed by atoms with Crippen LogP contribution in [0.25, 0.3) is 0 Å². The molecule has 1 atom stereocenters. The van der Waals surface area contributed by atoms with Crippen molar-refractivity contribution in [3.05, 3.63) is 28.5 Å². The van der Waals surface area contributed by atoms with Crippen molar-refractivity contribution >= 4 is 37.8 Å². The second-order valence-electron chi connectivity index (χ2n) is 2.27. The number of nitrogens with zero attached hydrogens (tertiary/aromatic N) is 1. The Morgan fingerprint density at radius 3 is 2.85 bits per heavy atom. The monoisotopic (exact) mass is 307 g/mol. The number of ether oxygens (including phenoxy) is 1. The first-order valence-corrected chi connectivity index (χ1v) is 5.20. The summed E-state index contributed by atoms with van der Waals surface area (Å²) in [5.41, 5.74) is 0.626. The van der Waals surface area contributed by atoms with Gasteiger partial charge in [-0.1, -0.05) is 22.0 Å². The molecule has 0 amide bonds. The van der Waals surface area contributed by atoms with Gasteiger partial charge in [0, 0.05) is 0 Å². The van der Waals surface area contributed by atoms with Crippen LogP contribution in [0.3, 0.4) is 0 Å². The molecule has 0 saturated heterocycles. The molecule has 1 rings (SSSR count). The van der Waals surface area contributed by atoms with Crippen LogP contribution in [0, 0.1) is 0 Å². The highest BCUT2D eigenvalue weighted by molar-refractivity contribution is 9.10. The molecule has 0 aromatic carbocycles. The molecule has 1 heterocycles. The average Bonchev–Trinajstić information content (AvgIpc) is 2.15. The molecule has 70 valence electrons. The Morgan fingerprint density at radius 1 is 1.62 bits per heavy atom. The van der Waals surface area contributed by atoms with Crippen molar-refractivity contribution in [2.75, 3.05) is 7.11 Å². The van der Waals surface area contributed by atoms with Gasteiger partial charge in [0.2, 0.25) is 0 Å². The zero-order valence-electron chi connectivity index (χ0n) is 6.83. The van der Waals surface area contributed by atoms with E-state index in [1.54, 1.807) is 12.1 Å². The SMILES string of the molecule is COC(=O)[C@@H](Br)c1cccc(Br)n1. The van der Waals surface area contributed by atoms with Crippen LogP contribution in [-0.4, -0.2) is 18.1 Å². The number of esters is 1. The molecule has 0 N–H and O–H groups in total. The topological polar surface area (TPSA) is 39.2 Å². The smallest absolute Gasteiger partial charge is 0.325 e. The number of methoxy groups -OCH3 is 1. The largest absolute Gasteiger partial charge is 0.468 e. The van der Waals surface area contributed by atoms with Crippen molar-refractivity contribution in [3.63, 3.8) is 0 Å². The predicted octanol–water partition coefficient (Wildman–Crippen LogP) is 2.45. The van der Waals surface area contributed by atoms with Gasteiger partial charge >= 0.3 is 5.97 Å². The Hall–Kier alpha value is -0.420. The van der Waals surface area contributed by atoms with Gasteiger partial charge in [-0.3, -0.25) is 4.79 Å². The second kappa shape index (κ2) is 4.72. The van der Waals surface area contributed by atoms with Crippen molar-refractivity contribution in [2.45, 2.75) is 4.83 Å². The summed E-state index contributed by atoms with van der Waals surface area (Å²) < 4.78 is 5.26. The third-order valence-electron chi connectivity index (χ3n) is 1.40. The maximum atomic E-state index is 11.1. The number of pyridine rings is 1. The highest BCUT2D eigenvalue weighted by atomic mass is 79.9. The van der Waals surface area contributed by atoms with Crippen LogP contribution in [0.15, 0.2) is 22.8 Å². The Morgan fingerprint density at radius 2 is 2.31 bits per heavy atom. The van der Waals surface area contributed by atoms with Crippen LogP contribution in [-0.2, 0) is 9.53 Å². The van der Waals surface area contributed by atoms with E-state index >= 15 is 0 Å². The number of carbonyl (C=O) groups excluding carboxylic acids is 1. The molecule has 0 bridgehead atoms. The van der Waals surface area contributed by atoms with Gasteiger partial charge in [0.05, 0.1) is 12.8 Å². The summed E-state index contributed by atoms with van der Waals surface area (Å²) in [5, 5.41) is 0. The highest BCUT2D eigenvalue weighted by Crippen LogP contribution is 2.23. The first kappa shape index (κ1) is 10.7. The number of carbonyl (C=O) groups is 1. The molecule has 1 aromatic rings. The Balaban J connectivity index is 2.88. The van der Waals surface area contributed by atoms with Crippen LogP contribution in [0.5, 0.6) is 0 Å². The standard InChI is InChI=1S/C8H7Br2NO2/c1-13-8(12)7(10)5-3-2-4-6(9)11-5/h2-4,7H,1H3/t7-/m0/s1. The van der Waals surface area contributed by atoms with E-state index in [4.69, 9.17) is 0 Å². The number of aromatic nitrogens is 1. The van der Waals surface area contributed by atoms with Crippen LogP contribution in [0.4, 0.5) is 0 Å². The van der Waals surface area contributed by atoms with Crippen molar-refractivity contribution in [1.29, 1.82) is 0 Å². The maximum Gasteiger partial charge on any atom is 0.325 e. The maximum absolute atomic E-state index is 11.1. The number of rotatable bonds is 2. The number of hydrogen-bond acceptors (Lipinski definition) is 3. The lowest BCUT2D eigenvalue weighted by molar-refractivity contribution is -0.139. The third kappa shape index (κ3) is 2.77. The zero-order valence-corrected chi connectivity index (χ0v) is 10.0. The van der Waals surface area contributed by atoms with Crippen molar-refractivity contribution in [3.8, 4) is 0 Å². The van der Waals surface area contributed by atoms with E-state index in [0.717, 1.165) is 0 Å². The minimum absolute atomic E-state index is 0.356. The van der Waals surface area contributed by atoms with Crippen molar-refractivity contribution < 1.29 is 9.53 Å². The molecule has 1 aromatic heterocycles. The Kier molecular flexibility index (Phi) is 3.87. The van der Waals surface area contributed by atoms with Crippen molar-refractivity contribution in [1.82, 2.24) is 4.98 Å². The second-order valence-corrected chi connectivity index (χ2v) is 4.00. The number of alkyl halides is 1. The van der Waals surface area contributed by atoms with E-state index in [1.807, 2.05) is 6.07 Å². The molecule has 0 radical (unpaired) electrons. The third-order valence-corrected chi connectivity index (χ3v) is 2.69. The normalized spacial score (nSPS) is 12.2. The van der Waals surface area contributed by atoms with E-state index in [1.165, 1.54) is 7.11 Å². The summed E-state index contributed by atoms with van der Waals surface area (Å²) in [4.78, 5) is 14.7. The molecule has 3 nitrogen and oxygen atoms in total. The summed E-state index contributed by atoms with van der Waals surface area (Å²) in [7, 11) is 1.34. The predicted molar refractivity (Wildman–Crippen MR) is 55.6 cm³/mol. The summed E-state index contributed by atoms with van der Waals surface area (Å²) in [6, 6.07) is 5.35. The highest BCUT2D eigenvalue weighted by Gasteiger charge is 2.18. The van der Waals surface area contributed by atoms with Crippen LogP contribution >= 0.6 is 31.9 Å². The molecular weight excluding hydrogens is 302 g/mol. The van der Waals surface area contributed by atoms with Gasteiger partial charge in [0.1, 0.15) is 4.60 Å². The first-order chi connectivity index (χ1) is 6.15. The first-order valence-electron chi connectivity index (χ1n) is 3.49. The lowest BCUT2D eigenvalue weighted by atomic mass is 10.3. The van der Waals surface area contributed by atoms with Gasteiger partial charge in [-0.2, -0.15) is 0 Å². The van der Waals surface area contributed by atoms with E-state index in [-0.39, 0.29) is 5.97 Å². The van der Waals surface area contributed by atoms with Gasteiger partial charge in [0.25, 0.3) is 0 Å². The van der Waals surface area contributed by atoms with E-state index in [9.17, 15) is 4.79 Å². The van der Waals surface area contributed by atoms with Crippen LogP contribution < -0.4 is 0 Å². The Bertz CT molecular complexity index is 317. The summed E-state index contributed by atoms with van der Waals surface area (Å²) in [5.74, 6) is -0.356. The van der Waals surface area contributed by atoms with Gasteiger partial charge in [-0.25, -0.2) is 4.98 Å². The fourth-order valence-corrected chi connectivity index (χ4v) is 1.59. The molecule has 0 aliphatic heterocycles. The molecule has 0 fully saturated rings. The molecule has 0 spiro atoms. The van der Waals surface area contributed by atoms with Crippen LogP contribution in [0.2, 0.25) is 0 Å². The summed E-state index contributed by atoms with van der Waals surface area (Å²) >= 11 is 6.41. The lowest BCUT2D eigenvalue weighted by Gasteiger charge is -2.06. The molecular formula is C8H7Br2NO2. The molecule has 0 unspecified atom stereocenters. The van der Waals surface area contributed by atoms with Gasteiger partial charge < -0.3 is 4.74 Å². The summed E-state index contributed by atoms with van der Waals surface area (Å²) in [6.45, 7) is 0. The van der Waals surface area contributed by atoms with E-state index in [2.05, 4.69) is 41.6 Å². The van der Waals surface area contributed by atoms with Crippen LogP contribution in [0.1, 0.15) is 10.5 Å². The lowest BCUT2D eigenvalue weighted by Crippen LogP contribution is -2.09. The Labute approximate surface area is 92.8 Å². The fourth-order valence-electron chi connectivity index (χ4n) is 0.789. The molecule has 5 heteroatoms. The van der Waals surface area contributed by atoms with E-state index in [0.29, 0.717) is 10.3 Å². The van der Waals surface area contributed by atoms with E-state index < -0.39 is 4.83 Å². The number of halogens is 2. The zero-order chi connectivity index (χ0) is 9.84. The van der Waals surface area contributed by atoms with Crippen molar-refractivity contribution in [2.24, 2.45) is 0 Å². The average molecular weight is 309 g/mol. The molecule has 0 aliphatic carbocycles. The van der Waals surface area contributed by atoms with Gasteiger partial charge in [-0.15, -0.1) is 0 Å². The minimum Gasteiger partial charge on any atom is -0.468 e. The van der Waals surface area contributed by atoms with Gasteiger partial charge in [0.15, 0.2) is 4.83 Å². The number of hydrogen-bond donors (Lipinski definition) is 0. The minimum atomic E-state index is -0.505. The molecule has 13 heavy (non-hydrogen) atoms. The molecule has 0 saturated carbocycles. The fraction of sp³-hybridized carbons (Fsp3) is 0.250. The molecule has 0 aliphatic rings. The summed E-state index contributed by atoms with van der Waals surface area (Å²) in [6.07, 6.45) is 0.